The van der Waals surface area contributed by atoms with Gasteiger partial charge in [0.2, 0.25) is 5.91 Å². The molecule has 4 nitrogen and oxygen atoms in total. The molecule has 11 heavy (non-hydrogen) atoms. The van der Waals surface area contributed by atoms with Crippen LogP contribution in [0.25, 0.3) is 0 Å². The number of hydrogen-bond acceptors (Lipinski definition) is 3. The van der Waals surface area contributed by atoms with Crippen molar-refractivity contribution >= 4 is 5.91 Å². The number of hydroxylamine groups is 2. The molecular formula is C7H16N2O2. The largest absolute Gasteiger partial charge is 0.320 e. The van der Waals surface area contributed by atoms with Crippen LogP contribution in [0.1, 0.15) is 12.8 Å². The van der Waals surface area contributed by atoms with Gasteiger partial charge in [0, 0.05) is 13.5 Å². The van der Waals surface area contributed by atoms with E-state index in [1.807, 2.05) is 7.05 Å². The van der Waals surface area contributed by atoms with E-state index in [1.165, 1.54) is 12.2 Å². The summed E-state index contributed by atoms with van der Waals surface area (Å²) in [6.45, 7) is 0.864. The van der Waals surface area contributed by atoms with Crippen molar-refractivity contribution in [3.8, 4) is 0 Å². The molecule has 0 saturated carbocycles. The fourth-order valence-corrected chi connectivity index (χ4v) is 0.676. The Labute approximate surface area is 67.5 Å². The van der Waals surface area contributed by atoms with Gasteiger partial charge in [-0.05, 0) is 20.0 Å². The highest BCUT2D eigenvalue weighted by molar-refractivity contribution is 5.74. The summed E-state index contributed by atoms with van der Waals surface area (Å²) in [5, 5.41) is 4.21. The topological polar surface area (TPSA) is 41.6 Å². The minimum atomic E-state index is 0.0164. The van der Waals surface area contributed by atoms with Crippen LogP contribution in [0.3, 0.4) is 0 Å². The third-order valence-electron chi connectivity index (χ3n) is 1.44. The fourth-order valence-electron chi connectivity index (χ4n) is 0.676. The van der Waals surface area contributed by atoms with E-state index in [9.17, 15) is 4.79 Å². The first-order valence-electron chi connectivity index (χ1n) is 3.67. The van der Waals surface area contributed by atoms with Crippen LogP contribution in [0.5, 0.6) is 0 Å². The first kappa shape index (κ1) is 10.4. The smallest absolute Gasteiger partial charge is 0.245 e. The van der Waals surface area contributed by atoms with Crippen LogP contribution in [-0.4, -0.2) is 38.7 Å². The number of amides is 1. The molecule has 0 saturated heterocycles. The zero-order valence-electron chi connectivity index (χ0n) is 7.39. The Morgan fingerprint density at radius 2 is 2.27 bits per heavy atom. The van der Waals surface area contributed by atoms with Gasteiger partial charge in [-0.1, -0.05) is 0 Å². The zero-order chi connectivity index (χ0) is 8.69. The Bertz CT molecular complexity index is 117. The van der Waals surface area contributed by atoms with E-state index >= 15 is 0 Å². The van der Waals surface area contributed by atoms with Gasteiger partial charge in [-0.3, -0.25) is 9.63 Å². The van der Waals surface area contributed by atoms with Crippen molar-refractivity contribution < 1.29 is 9.63 Å². The highest BCUT2D eigenvalue weighted by atomic mass is 16.7. The Kier molecular flexibility index (Phi) is 5.78. The van der Waals surface area contributed by atoms with Crippen LogP contribution in [0.15, 0.2) is 0 Å². The Morgan fingerprint density at radius 1 is 1.64 bits per heavy atom. The van der Waals surface area contributed by atoms with Crippen molar-refractivity contribution in [2.45, 2.75) is 12.8 Å². The van der Waals surface area contributed by atoms with Gasteiger partial charge in [0.25, 0.3) is 0 Å². The molecule has 0 aliphatic rings. The number of nitrogens with zero attached hydrogens (tertiary/aromatic N) is 1. The van der Waals surface area contributed by atoms with E-state index in [2.05, 4.69) is 5.32 Å². The highest BCUT2D eigenvalue weighted by Gasteiger charge is 2.05. The van der Waals surface area contributed by atoms with Crippen LogP contribution in [0.2, 0.25) is 0 Å². The summed E-state index contributed by atoms with van der Waals surface area (Å²) in [4.78, 5) is 15.7. The third kappa shape index (κ3) is 4.75. The van der Waals surface area contributed by atoms with Crippen LogP contribution >= 0.6 is 0 Å². The molecule has 0 aliphatic heterocycles. The SMILES string of the molecule is CNCCCC(=O)N(C)OC. The van der Waals surface area contributed by atoms with Crippen molar-refractivity contribution in [3.63, 3.8) is 0 Å². The van der Waals surface area contributed by atoms with E-state index < -0.39 is 0 Å². The molecule has 0 fully saturated rings. The molecule has 0 aromatic heterocycles. The van der Waals surface area contributed by atoms with E-state index in [0.29, 0.717) is 6.42 Å². The van der Waals surface area contributed by atoms with Gasteiger partial charge >= 0.3 is 0 Å². The summed E-state index contributed by atoms with van der Waals surface area (Å²) >= 11 is 0. The Hall–Kier alpha value is -0.610. The zero-order valence-corrected chi connectivity index (χ0v) is 7.39. The Balaban J connectivity index is 3.36. The summed E-state index contributed by atoms with van der Waals surface area (Å²) < 4.78 is 0. The maximum absolute atomic E-state index is 11.0. The molecule has 0 rings (SSSR count). The second-order valence-electron chi connectivity index (χ2n) is 2.28. The van der Waals surface area contributed by atoms with Gasteiger partial charge in [0.15, 0.2) is 0 Å². The average Bonchev–Trinajstić information content (AvgIpc) is 2.03. The van der Waals surface area contributed by atoms with Crippen LogP contribution < -0.4 is 5.32 Å². The van der Waals surface area contributed by atoms with Crippen molar-refractivity contribution in [2.75, 3.05) is 27.7 Å². The van der Waals surface area contributed by atoms with Crippen LogP contribution in [0, 0.1) is 0 Å². The highest BCUT2D eigenvalue weighted by Crippen LogP contribution is 1.93. The number of carbonyl (C=O) groups excluding carboxylic acids is 1. The second-order valence-corrected chi connectivity index (χ2v) is 2.28. The molecule has 0 aliphatic carbocycles. The van der Waals surface area contributed by atoms with Gasteiger partial charge in [-0.2, -0.15) is 0 Å². The average molecular weight is 160 g/mol. The quantitative estimate of drug-likeness (QED) is 0.455. The van der Waals surface area contributed by atoms with Crippen molar-refractivity contribution in [1.29, 1.82) is 0 Å². The molecule has 0 bridgehead atoms. The van der Waals surface area contributed by atoms with Crippen molar-refractivity contribution in [1.82, 2.24) is 10.4 Å². The van der Waals surface area contributed by atoms with Crippen LogP contribution in [-0.2, 0) is 9.63 Å². The van der Waals surface area contributed by atoms with Gasteiger partial charge in [-0.25, -0.2) is 5.06 Å². The number of nitrogens with one attached hydrogen (secondary N) is 1. The molecule has 0 radical (unpaired) electrons. The number of hydrogen-bond donors (Lipinski definition) is 1. The van der Waals surface area contributed by atoms with Gasteiger partial charge in [-0.15, -0.1) is 0 Å². The molecular weight excluding hydrogens is 144 g/mol. The maximum atomic E-state index is 11.0. The number of carbonyl (C=O) groups is 1. The minimum absolute atomic E-state index is 0.0164. The second kappa shape index (κ2) is 6.12. The van der Waals surface area contributed by atoms with E-state index in [-0.39, 0.29) is 5.91 Å². The monoisotopic (exact) mass is 160 g/mol. The molecule has 4 heteroatoms. The van der Waals surface area contributed by atoms with Crippen LogP contribution in [0.4, 0.5) is 0 Å². The van der Waals surface area contributed by atoms with Crippen molar-refractivity contribution in [2.24, 2.45) is 0 Å². The summed E-state index contributed by atoms with van der Waals surface area (Å²) in [6.07, 6.45) is 1.38. The summed E-state index contributed by atoms with van der Waals surface area (Å²) in [5.74, 6) is 0.0164. The lowest BCUT2D eigenvalue weighted by Crippen LogP contribution is -2.25. The lowest BCUT2D eigenvalue weighted by Gasteiger charge is -2.12. The summed E-state index contributed by atoms with van der Waals surface area (Å²) in [7, 11) is 4.96. The first-order valence-corrected chi connectivity index (χ1v) is 3.67. The molecule has 1 N–H and O–H groups in total. The van der Waals surface area contributed by atoms with Gasteiger partial charge < -0.3 is 5.32 Å². The molecule has 0 spiro atoms. The third-order valence-corrected chi connectivity index (χ3v) is 1.44. The Morgan fingerprint density at radius 3 is 2.73 bits per heavy atom. The normalized spacial score (nSPS) is 9.73. The fraction of sp³-hybridized carbons (Fsp3) is 0.857. The minimum Gasteiger partial charge on any atom is -0.320 e. The molecule has 0 atom stereocenters. The molecule has 0 aromatic rings. The lowest BCUT2D eigenvalue weighted by molar-refractivity contribution is -0.168. The predicted octanol–water partition coefficient (Wildman–Crippen LogP) is 0.00580. The predicted molar refractivity (Wildman–Crippen MR) is 42.9 cm³/mol. The molecule has 1 amide bonds. The molecule has 66 valence electrons. The molecule has 0 heterocycles. The van der Waals surface area contributed by atoms with Gasteiger partial charge in [0.05, 0.1) is 7.11 Å². The first-order chi connectivity index (χ1) is 5.22. The van der Waals surface area contributed by atoms with E-state index in [1.54, 1.807) is 7.05 Å². The summed E-state index contributed by atoms with van der Waals surface area (Å²) in [6, 6.07) is 0. The van der Waals surface area contributed by atoms with Gasteiger partial charge in [0.1, 0.15) is 0 Å². The van der Waals surface area contributed by atoms with Crippen molar-refractivity contribution in [3.05, 3.63) is 0 Å². The standard InChI is InChI=1S/C7H16N2O2/c1-8-6-4-5-7(10)9(2)11-3/h8H,4-6H2,1-3H3. The van der Waals surface area contributed by atoms with E-state index in [0.717, 1.165) is 13.0 Å². The summed E-state index contributed by atoms with van der Waals surface area (Å²) in [5.41, 5.74) is 0. The lowest BCUT2D eigenvalue weighted by atomic mass is 10.3. The maximum Gasteiger partial charge on any atom is 0.245 e. The van der Waals surface area contributed by atoms with E-state index in [4.69, 9.17) is 4.84 Å². The number of rotatable bonds is 5. The molecule has 0 aromatic carbocycles. The molecule has 0 unspecified atom stereocenters.